The average molecular weight is 364 g/mol. The molecule has 5 heteroatoms. The number of amides is 2. The van der Waals surface area contributed by atoms with Gasteiger partial charge in [-0.1, -0.05) is 30.9 Å². The maximum Gasteiger partial charge on any atom is 0.319 e. The number of hydrogen-bond acceptors (Lipinski definition) is 3. The number of para-hydroxylation sites is 1. The van der Waals surface area contributed by atoms with Crippen LogP contribution in [-0.4, -0.2) is 24.5 Å². The van der Waals surface area contributed by atoms with Gasteiger partial charge in [0.1, 0.15) is 12.4 Å². The third-order valence-electron chi connectivity index (χ3n) is 3.54. The van der Waals surface area contributed by atoms with E-state index in [1.54, 1.807) is 36.4 Å². The quantitative estimate of drug-likeness (QED) is 0.406. The summed E-state index contributed by atoms with van der Waals surface area (Å²) in [5.41, 5.74) is 1.97. The number of ether oxygens (including phenoxy) is 1. The number of urea groups is 1. The molecule has 2 rings (SSSR count). The highest BCUT2D eigenvalue weighted by Crippen LogP contribution is 2.20. The minimum absolute atomic E-state index is 0.0503. The summed E-state index contributed by atoms with van der Waals surface area (Å²) >= 11 is 0. The Morgan fingerprint density at radius 3 is 2.48 bits per heavy atom. The Balaban J connectivity index is 2.03. The number of benzene rings is 2. The second-order valence-electron chi connectivity index (χ2n) is 6.17. The minimum atomic E-state index is -0.278. The van der Waals surface area contributed by atoms with Gasteiger partial charge in [0.25, 0.3) is 0 Å². The first kappa shape index (κ1) is 20.0. The predicted molar refractivity (Wildman–Crippen MR) is 109 cm³/mol. The standard InChI is InChI=1S/C22H24N2O3/c1-4-15-27-21-8-6-5-7-18(21)11-14-20(25)17-9-12-19(13-10-17)24-22(26)23-16(2)3/h4-14,16H,1,15H2,2-3H3,(H2,23,24,26)/b14-11+. The van der Waals surface area contributed by atoms with E-state index in [0.29, 0.717) is 23.6 Å². The first-order chi connectivity index (χ1) is 13.0. The van der Waals surface area contributed by atoms with Crippen LogP contribution in [0.1, 0.15) is 29.8 Å². The van der Waals surface area contributed by atoms with E-state index in [-0.39, 0.29) is 17.9 Å². The van der Waals surface area contributed by atoms with Gasteiger partial charge < -0.3 is 15.4 Å². The zero-order chi connectivity index (χ0) is 19.6. The van der Waals surface area contributed by atoms with Gasteiger partial charge in [0.2, 0.25) is 0 Å². The Bertz CT molecular complexity index is 824. The zero-order valence-electron chi connectivity index (χ0n) is 15.6. The Labute approximate surface area is 159 Å². The molecule has 0 unspecified atom stereocenters. The van der Waals surface area contributed by atoms with Gasteiger partial charge in [-0.2, -0.15) is 0 Å². The van der Waals surface area contributed by atoms with E-state index in [4.69, 9.17) is 4.74 Å². The number of nitrogens with one attached hydrogen (secondary N) is 2. The molecule has 0 saturated heterocycles. The van der Waals surface area contributed by atoms with Crippen LogP contribution in [0.5, 0.6) is 5.75 Å². The SMILES string of the molecule is C=CCOc1ccccc1/C=C/C(=O)c1ccc(NC(=O)NC(C)C)cc1. The van der Waals surface area contributed by atoms with E-state index >= 15 is 0 Å². The van der Waals surface area contributed by atoms with Crippen molar-refractivity contribution in [2.75, 3.05) is 11.9 Å². The van der Waals surface area contributed by atoms with Gasteiger partial charge in [0.05, 0.1) is 0 Å². The molecule has 0 aliphatic carbocycles. The molecule has 0 aliphatic rings. The van der Waals surface area contributed by atoms with E-state index in [1.165, 1.54) is 6.08 Å². The number of rotatable bonds is 8. The normalized spacial score (nSPS) is 10.6. The molecular weight excluding hydrogens is 340 g/mol. The summed E-state index contributed by atoms with van der Waals surface area (Å²) in [5.74, 6) is 0.559. The fourth-order valence-electron chi connectivity index (χ4n) is 2.31. The van der Waals surface area contributed by atoms with Crippen LogP contribution >= 0.6 is 0 Å². The average Bonchev–Trinajstić information content (AvgIpc) is 2.65. The minimum Gasteiger partial charge on any atom is -0.489 e. The Morgan fingerprint density at radius 1 is 1.11 bits per heavy atom. The molecule has 2 N–H and O–H groups in total. The molecule has 0 heterocycles. The fraction of sp³-hybridized carbons (Fsp3) is 0.182. The van der Waals surface area contributed by atoms with Gasteiger partial charge in [-0.05, 0) is 56.3 Å². The molecule has 27 heavy (non-hydrogen) atoms. The van der Waals surface area contributed by atoms with Crippen LogP contribution < -0.4 is 15.4 Å². The number of allylic oxidation sites excluding steroid dienone is 1. The smallest absolute Gasteiger partial charge is 0.319 e. The molecule has 0 atom stereocenters. The lowest BCUT2D eigenvalue weighted by Crippen LogP contribution is -2.34. The van der Waals surface area contributed by atoms with Crippen molar-refractivity contribution in [3.63, 3.8) is 0 Å². The highest BCUT2D eigenvalue weighted by atomic mass is 16.5. The second-order valence-corrected chi connectivity index (χ2v) is 6.17. The van der Waals surface area contributed by atoms with E-state index in [1.807, 2.05) is 38.1 Å². The molecule has 0 radical (unpaired) electrons. The van der Waals surface area contributed by atoms with Gasteiger partial charge in [0, 0.05) is 22.9 Å². The summed E-state index contributed by atoms with van der Waals surface area (Å²) in [5, 5.41) is 5.46. The number of carbonyl (C=O) groups is 2. The summed E-state index contributed by atoms with van der Waals surface area (Å²) in [7, 11) is 0. The molecule has 2 amide bonds. The van der Waals surface area contributed by atoms with Crippen LogP contribution in [0.15, 0.2) is 67.3 Å². The van der Waals surface area contributed by atoms with Crippen molar-refractivity contribution in [2.24, 2.45) is 0 Å². The Hall–Kier alpha value is -3.34. The fourth-order valence-corrected chi connectivity index (χ4v) is 2.31. The lowest BCUT2D eigenvalue weighted by molar-refractivity contribution is 0.104. The van der Waals surface area contributed by atoms with Crippen molar-refractivity contribution >= 4 is 23.6 Å². The van der Waals surface area contributed by atoms with Crippen molar-refractivity contribution in [3.8, 4) is 5.75 Å². The second kappa shape index (κ2) is 9.97. The number of anilines is 1. The maximum absolute atomic E-state index is 12.4. The number of hydrogen-bond donors (Lipinski definition) is 2. The van der Waals surface area contributed by atoms with Crippen LogP contribution in [0.4, 0.5) is 10.5 Å². The zero-order valence-corrected chi connectivity index (χ0v) is 15.6. The summed E-state index contributed by atoms with van der Waals surface area (Å²) in [6.07, 6.45) is 4.90. The highest BCUT2D eigenvalue weighted by Gasteiger charge is 2.06. The molecule has 5 nitrogen and oxygen atoms in total. The lowest BCUT2D eigenvalue weighted by Gasteiger charge is -2.10. The van der Waals surface area contributed by atoms with E-state index in [2.05, 4.69) is 17.2 Å². The van der Waals surface area contributed by atoms with Crippen LogP contribution in [-0.2, 0) is 0 Å². The van der Waals surface area contributed by atoms with Crippen molar-refractivity contribution in [1.82, 2.24) is 5.32 Å². The third kappa shape index (κ3) is 6.47. The Kier molecular flexibility index (Phi) is 7.37. The topological polar surface area (TPSA) is 67.4 Å². The van der Waals surface area contributed by atoms with Crippen LogP contribution in [0.25, 0.3) is 6.08 Å². The largest absolute Gasteiger partial charge is 0.489 e. The first-order valence-corrected chi connectivity index (χ1v) is 8.72. The summed E-state index contributed by atoms with van der Waals surface area (Å²) in [6.45, 7) is 7.80. The van der Waals surface area contributed by atoms with Crippen molar-refractivity contribution < 1.29 is 14.3 Å². The van der Waals surface area contributed by atoms with E-state index in [9.17, 15) is 9.59 Å². The molecule has 2 aromatic carbocycles. The third-order valence-corrected chi connectivity index (χ3v) is 3.54. The highest BCUT2D eigenvalue weighted by molar-refractivity contribution is 6.07. The van der Waals surface area contributed by atoms with Gasteiger partial charge in [-0.15, -0.1) is 0 Å². The van der Waals surface area contributed by atoms with Crippen molar-refractivity contribution in [2.45, 2.75) is 19.9 Å². The maximum atomic E-state index is 12.4. The summed E-state index contributed by atoms with van der Waals surface area (Å²) in [4.78, 5) is 24.1. The molecule has 0 bridgehead atoms. The molecule has 2 aromatic rings. The summed E-state index contributed by atoms with van der Waals surface area (Å²) in [6, 6.07) is 14.0. The number of ketones is 1. The molecular formula is C22H24N2O3. The van der Waals surface area contributed by atoms with E-state index in [0.717, 1.165) is 5.56 Å². The van der Waals surface area contributed by atoms with Crippen LogP contribution in [0, 0.1) is 0 Å². The molecule has 140 valence electrons. The Morgan fingerprint density at radius 2 is 1.81 bits per heavy atom. The van der Waals surface area contributed by atoms with Gasteiger partial charge in [-0.3, -0.25) is 4.79 Å². The van der Waals surface area contributed by atoms with Crippen molar-refractivity contribution in [3.05, 3.63) is 78.4 Å². The molecule has 0 aliphatic heterocycles. The van der Waals surface area contributed by atoms with Gasteiger partial charge in [-0.25, -0.2) is 4.79 Å². The first-order valence-electron chi connectivity index (χ1n) is 8.72. The molecule has 0 spiro atoms. The molecule has 0 saturated carbocycles. The summed E-state index contributed by atoms with van der Waals surface area (Å²) < 4.78 is 5.58. The lowest BCUT2D eigenvalue weighted by atomic mass is 10.1. The molecule has 0 fully saturated rings. The van der Waals surface area contributed by atoms with Gasteiger partial charge in [0.15, 0.2) is 5.78 Å². The molecule has 0 aromatic heterocycles. The van der Waals surface area contributed by atoms with Crippen molar-refractivity contribution in [1.29, 1.82) is 0 Å². The number of carbonyl (C=O) groups excluding carboxylic acids is 2. The van der Waals surface area contributed by atoms with Crippen LogP contribution in [0.3, 0.4) is 0 Å². The predicted octanol–water partition coefficient (Wildman–Crippen LogP) is 4.68. The van der Waals surface area contributed by atoms with Gasteiger partial charge >= 0.3 is 6.03 Å². The monoisotopic (exact) mass is 364 g/mol. The van der Waals surface area contributed by atoms with Crippen LogP contribution in [0.2, 0.25) is 0 Å². The van der Waals surface area contributed by atoms with E-state index < -0.39 is 0 Å².